The summed E-state index contributed by atoms with van der Waals surface area (Å²) in [5, 5.41) is 50.9. The second-order valence-corrected chi connectivity index (χ2v) is 9.84. The van der Waals surface area contributed by atoms with Crippen LogP contribution in [0.1, 0.15) is 46.8 Å². The maximum atomic E-state index is 11.0. The molecule has 11 heteroatoms. The first-order chi connectivity index (χ1) is 20.3. The molecule has 1 aliphatic rings. The van der Waals surface area contributed by atoms with Crippen molar-refractivity contribution in [3.63, 3.8) is 0 Å². The number of aliphatic hydroxyl groups excluding tert-OH is 4. The van der Waals surface area contributed by atoms with Crippen molar-refractivity contribution in [3.8, 4) is 40.2 Å². The molecule has 3 aromatic rings. The summed E-state index contributed by atoms with van der Waals surface area (Å²) in [5.41, 5.74) is 2.68. The molecule has 42 heavy (non-hydrogen) atoms. The summed E-state index contributed by atoms with van der Waals surface area (Å²) in [6, 6.07) is 11.6. The van der Waals surface area contributed by atoms with Crippen LogP contribution in [-0.2, 0) is 6.42 Å². The van der Waals surface area contributed by atoms with Gasteiger partial charge < -0.3 is 54.0 Å². The van der Waals surface area contributed by atoms with Crippen molar-refractivity contribution in [2.45, 2.75) is 37.1 Å². The third-order valence-electron chi connectivity index (χ3n) is 7.35. The number of hydrogen-bond donors (Lipinski definition) is 5. The molecule has 1 heterocycles. The van der Waals surface area contributed by atoms with Gasteiger partial charge in [-0.25, -0.2) is 0 Å². The van der Waals surface area contributed by atoms with E-state index in [9.17, 15) is 25.5 Å². The van der Waals surface area contributed by atoms with Crippen molar-refractivity contribution in [1.82, 2.24) is 0 Å². The number of ether oxygens (including phenoxy) is 6. The summed E-state index contributed by atoms with van der Waals surface area (Å²) in [6.07, 6.45) is -1.85. The third-order valence-corrected chi connectivity index (χ3v) is 7.35. The van der Waals surface area contributed by atoms with Gasteiger partial charge in [-0.3, -0.25) is 0 Å². The molecule has 5 N–H and O–H groups in total. The van der Waals surface area contributed by atoms with Crippen LogP contribution in [0.3, 0.4) is 0 Å². The molecule has 3 aromatic carbocycles. The molecular formula is C31H38O11. The highest BCUT2D eigenvalue weighted by molar-refractivity contribution is 5.58. The Morgan fingerprint density at radius 1 is 0.833 bits per heavy atom. The second-order valence-electron chi connectivity index (χ2n) is 9.84. The maximum Gasteiger partial charge on any atom is 0.204 e. The van der Waals surface area contributed by atoms with Crippen LogP contribution in [0.25, 0.3) is 0 Å². The summed E-state index contributed by atoms with van der Waals surface area (Å²) in [6.45, 7) is -0.707. The van der Waals surface area contributed by atoms with Gasteiger partial charge in [-0.1, -0.05) is 12.1 Å². The van der Waals surface area contributed by atoms with Crippen molar-refractivity contribution in [1.29, 1.82) is 0 Å². The monoisotopic (exact) mass is 586 g/mol. The number of methoxy groups -OCH3 is 4. The fourth-order valence-corrected chi connectivity index (χ4v) is 5.17. The van der Waals surface area contributed by atoms with E-state index in [2.05, 4.69) is 0 Å². The molecule has 4 rings (SSSR count). The van der Waals surface area contributed by atoms with Gasteiger partial charge >= 0.3 is 0 Å². The standard InChI is InChI=1S/C31H38O11/c1-37-23-8-7-18(12-22(23)35)28(36)27(16-34)41-31-25(39-3)13-19(14-26(31)40-4)29-21(15-33)20-10-17(6-5-9-32)11-24(38-2)30(20)42-29/h7-8,10-14,21,27-29,32-36H,5-6,9,15-16H2,1-4H3/t21-,27-,28+,29-/m0/s1. The lowest BCUT2D eigenvalue weighted by Gasteiger charge is -2.26. The van der Waals surface area contributed by atoms with Crippen LogP contribution in [0.2, 0.25) is 0 Å². The number of aliphatic hydroxyl groups is 4. The van der Waals surface area contributed by atoms with Crippen molar-refractivity contribution in [3.05, 3.63) is 64.7 Å². The van der Waals surface area contributed by atoms with E-state index in [0.717, 1.165) is 11.1 Å². The van der Waals surface area contributed by atoms with Crippen molar-refractivity contribution in [2.24, 2.45) is 0 Å². The number of fused-ring (bicyclic) bond motifs is 1. The zero-order chi connectivity index (χ0) is 30.4. The summed E-state index contributed by atoms with van der Waals surface area (Å²) >= 11 is 0. The topological polar surface area (TPSA) is 157 Å². The van der Waals surface area contributed by atoms with Gasteiger partial charge in [-0.2, -0.15) is 0 Å². The van der Waals surface area contributed by atoms with Gasteiger partial charge in [-0.15, -0.1) is 0 Å². The predicted molar refractivity (Wildman–Crippen MR) is 152 cm³/mol. The van der Waals surface area contributed by atoms with Crippen LogP contribution in [0.15, 0.2) is 42.5 Å². The van der Waals surface area contributed by atoms with E-state index in [4.69, 9.17) is 28.4 Å². The summed E-state index contributed by atoms with van der Waals surface area (Å²) in [4.78, 5) is 0. The van der Waals surface area contributed by atoms with Gasteiger partial charge in [0.1, 0.15) is 12.2 Å². The fraction of sp³-hybridized carbons (Fsp3) is 0.419. The Labute approximate surface area is 244 Å². The average Bonchev–Trinajstić information content (AvgIpc) is 3.40. The zero-order valence-electron chi connectivity index (χ0n) is 24.1. The predicted octanol–water partition coefficient (Wildman–Crippen LogP) is 3.03. The number of hydrogen-bond acceptors (Lipinski definition) is 11. The van der Waals surface area contributed by atoms with Gasteiger partial charge in [0, 0.05) is 17.7 Å². The quantitative estimate of drug-likeness (QED) is 0.189. The van der Waals surface area contributed by atoms with Gasteiger partial charge in [-0.05, 0) is 54.3 Å². The van der Waals surface area contributed by atoms with Gasteiger partial charge in [0.15, 0.2) is 40.6 Å². The Morgan fingerprint density at radius 3 is 2.05 bits per heavy atom. The first kappa shape index (κ1) is 31.0. The van der Waals surface area contributed by atoms with E-state index in [0.29, 0.717) is 35.5 Å². The van der Waals surface area contributed by atoms with Crippen molar-refractivity contribution >= 4 is 0 Å². The van der Waals surface area contributed by atoms with Gasteiger partial charge in [0.25, 0.3) is 0 Å². The normalized spacial score (nSPS) is 17.1. The molecule has 0 saturated carbocycles. The van der Waals surface area contributed by atoms with Crippen LogP contribution in [-0.4, -0.2) is 79.9 Å². The Kier molecular flexibility index (Phi) is 10.2. The van der Waals surface area contributed by atoms with Crippen LogP contribution in [0.5, 0.6) is 40.2 Å². The third kappa shape index (κ3) is 6.14. The lowest BCUT2D eigenvalue weighted by atomic mass is 9.90. The molecule has 0 radical (unpaired) electrons. The molecule has 0 fully saturated rings. The first-order valence-corrected chi connectivity index (χ1v) is 13.5. The van der Waals surface area contributed by atoms with E-state index < -0.39 is 30.8 Å². The first-order valence-electron chi connectivity index (χ1n) is 13.5. The molecule has 11 nitrogen and oxygen atoms in total. The van der Waals surface area contributed by atoms with E-state index >= 15 is 0 Å². The minimum Gasteiger partial charge on any atom is -0.504 e. The number of phenols is 1. The van der Waals surface area contributed by atoms with Crippen LogP contribution >= 0.6 is 0 Å². The lowest BCUT2D eigenvalue weighted by Crippen LogP contribution is -2.29. The number of aryl methyl sites for hydroxylation is 1. The molecule has 4 atom stereocenters. The van der Waals surface area contributed by atoms with Gasteiger partial charge in [0.05, 0.1) is 47.6 Å². The number of phenolic OH excluding ortho intramolecular Hbond substituents is 1. The smallest absolute Gasteiger partial charge is 0.204 e. The highest BCUT2D eigenvalue weighted by atomic mass is 16.6. The van der Waals surface area contributed by atoms with Gasteiger partial charge in [0.2, 0.25) is 5.75 Å². The Hall–Kier alpha value is -3.90. The van der Waals surface area contributed by atoms with E-state index in [-0.39, 0.29) is 42.0 Å². The number of benzene rings is 3. The Balaban J connectivity index is 1.67. The maximum absolute atomic E-state index is 11.0. The SMILES string of the molecule is COc1ccc([C@@H](O)[C@H](CO)Oc2c(OC)cc([C@@H]3Oc4c(OC)cc(CCCO)cc4[C@@H]3CO)cc2OC)cc1O. The molecule has 228 valence electrons. The van der Waals surface area contributed by atoms with E-state index in [1.807, 2.05) is 12.1 Å². The van der Waals surface area contributed by atoms with E-state index in [1.165, 1.54) is 33.5 Å². The zero-order valence-corrected chi connectivity index (χ0v) is 24.1. The summed E-state index contributed by atoms with van der Waals surface area (Å²) in [7, 11) is 5.86. The lowest BCUT2D eigenvalue weighted by molar-refractivity contribution is -0.00180. The fourth-order valence-electron chi connectivity index (χ4n) is 5.17. The molecule has 0 amide bonds. The molecule has 0 bridgehead atoms. The Morgan fingerprint density at radius 2 is 1.50 bits per heavy atom. The highest BCUT2D eigenvalue weighted by Crippen LogP contribution is 2.53. The molecule has 0 unspecified atom stereocenters. The molecule has 1 aliphatic heterocycles. The molecule has 0 aliphatic carbocycles. The molecule has 0 aromatic heterocycles. The number of rotatable bonds is 14. The average molecular weight is 587 g/mol. The largest absolute Gasteiger partial charge is 0.504 e. The molecule has 0 saturated heterocycles. The minimum absolute atomic E-state index is 0.0622. The van der Waals surface area contributed by atoms with Crippen molar-refractivity contribution in [2.75, 3.05) is 48.3 Å². The van der Waals surface area contributed by atoms with Crippen molar-refractivity contribution < 1.29 is 54.0 Å². The van der Waals surface area contributed by atoms with E-state index in [1.54, 1.807) is 25.3 Å². The molecular weight excluding hydrogens is 548 g/mol. The summed E-state index contributed by atoms with van der Waals surface area (Å²) < 4.78 is 34.3. The second kappa shape index (κ2) is 13.8. The summed E-state index contributed by atoms with van der Waals surface area (Å²) in [5.74, 6) is 1.34. The van der Waals surface area contributed by atoms with Crippen LogP contribution < -0.4 is 28.4 Å². The Bertz CT molecular complexity index is 1330. The minimum atomic E-state index is -1.32. The number of aromatic hydroxyl groups is 1. The van der Waals surface area contributed by atoms with Crippen LogP contribution in [0, 0.1) is 0 Å². The molecule has 0 spiro atoms. The van der Waals surface area contributed by atoms with Crippen LogP contribution in [0.4, 0.5) is 0 Å². The highest BCUT2D eigenvalue weighted by Gasteiger charge is 2.39.